The van der Waals surface area contributed by atoms with E-state index < -0.39 is 18.3 Å². The van der Waals surface area contributed by atoms with Gasteiger partial charge in [-0.2, -0.15) is 0 Å². The molecule has 1 atom stereocenters. The summed E-state index contributed by atoms with van der Waals surface area (Å²) >= 11 is 0. The fourth-order valence-corrected chi connectivity index (χ4v) is 3.39. The number of hydrogen-bond acceptors (Lipinski definition) is 4. The third-order valence-corrected chi connectivity index (χ3v) is 6.38. The van der Waals surface area contributed by atoms with Crippen molar-refractivity contribution in [3.05, 3.63) is 22.8 Å². The van der Waals surface area contributed by atoms with Crippen molar-refractivity contribution >= 4 is 18.5 Å². The number of carbonyl (C=O) groups is 1. The van der Waals surface area contributed by atoms with Gasteiger partial charge < -0.3 is 18.9 Å². The molecule has 1 amide bonds. The lowest BCUT2D eigenvalue weighted by Crippen LogP contribution is -2.41. The van der Waals surface area contributed by atoms with Crippen LogP contribution in [0, 0.1) is 13.8 Å². The van der Waals surface area contributed by atoms with E-state index in [2.05, 4.69) is 0 Å². The van der Waals surface area contributed by atoms with Crippen LogP contribution in [0.15, 0.2) is 6.07 Å². The molecule has 6 heteroatoms. The molecule has 0 bridgehead atoms. The molecule has 0 radical (unpaired) electrons. The minimum absolute atomic E-state index is 0.0203. The molecular formula is C20H30BNO4. The van der Waals surface area contributed by atoms with Crippen LogP contribution in [0.5, 0.6) is 5.75 Å². The number of benzene rings is 1. The summed E-state index contributed by atoms with van der Waals surface area (Å²) in [6.07, 6.45) is 0.819. The molecular weight excluding hydrogens is 329 g/mol. The highest BCUT2D eigenvalue weighted by atomic mass is 16.7. The molecule has 0 saturated carbocycles. The molecule has 0 aliphatic carbocycles. The van der Waals surface area contributed by atoms with Gasteiger partial charge in [-0.3, -0.25) is 4.79 Å². The molecule has 1 aromatic rings. The lowest BCUT2D eigenvalue weighted by molar-refractivity contribution is 0.00578. The average molecular weight is 359 g/mol. The zero-order valence-electron chi connectivity index (χ0n) is 17.2. The van der Waals surface area contributed by atoms with Gasteiger partial charge in [-0.25, -0.2) is 0 Å². The summed E-state index contributed by atoms with van der Waals surface area (Å²) in [6.45, 7) is 14.8. The summed E-state index contributed by atoms with van der Waals surface area (Å²) in [7, 11) is 1.36. The highest BCUT2D eigenvalue weighted by Crippen LogP contribution is 2.38. The van der Waals surface area contributed by atoms with Crippen molar-refractivity contribution in [2.45, 2.75) is 72.1 Å². The van der Waals surface area contributed by atoms with Gasteiger partial charge in [0.2, 0.25) is 0 Å². The van der Waals surface area contributed by atoms with E-state index in [0.717, 1.165) is 23.0 Å². The molecule has 1 aromatic carbocycles. The molecule has 1 fully saturated rings. The summed E-state index contributed by atoms with van der Waals surface area (Å²) in [4.78, 5) is 14.8. The number of hydrogen-bond donors (Lipinski definition) is 0. The predicted molar refractivity (Wildman–Crippen MR) is 103 cm³/mol. The van der Waals surface area contributed by atoms with E-state index in [0.29, 0.717) is 17.9 Å². The van der Waals surface area contributed by atoms with Gasteiger partial charge in [-0.15, -0.1) is 0 Å². The Balaban J connectivity index is 2.10. The first kappa shape index (κ1) is 19.2. The normalized spacial score (nSPS) is 24.8. The van der Waals surface area contributed by atoms with Crippen LogP contribution in [0.25, 0.3) is 0 Å². The molecule has 2 aliphatic rings. The highest BCUT2D eigenvalue weighted by molar-refractivity contribution is 6.62. The van der Waals surface area contributed by atoms with Crippen molar-refractivity contribution in [3.63, 3.8) is 0 Å². The van der Waals surface area contributed by atoms with Gasteiger partial charge in [-0.05, 0) is 71.1 Å². The topological polar surface area (TPSA) is 48.0 Å². The average Bonchev–Trinajstić information content (AvgIpc) is 2.76. The smallest absolute Gasteiger partial charge is 0.492 e. The van der Waals surface area contributed by atoms with E-state index in [1.165, 1.54) is 0 Å². The highest BCUT2D eigenvalue weighted by Gasteiger charge is 2.52. The van der Waals surface area contributed by atoms with E-state index in [-0.39, 0.29) is 11.9 Å². The number of nitrogens with zero attached hydrogens (tertiary/aromatic N) is 1. The van der Waals surface area contributed by atoms with E-state index >= 15 is 0 Å². The molecule has 0 N–H and O–H groups in total. The van der Waals surface area contributed by atoms with Gasteiger partial charge >= 0.3 is 7.12 Å². The van der Waals surface area contributed by atoms with Crippen molar-refractivity contribution in [1.29, 1.82) is 0 Å². The second-order valence-electron chi connectivity index (χ2n) is 8.58. The largest absolute Gasteiger partial charge is 0.495 e. The number of amides is 1. The molecule has 142 valence electrons. The Morgan fingerprint density at radius 3 is 2.27 bits per heavy atom. The molecule has 1 saturated heterocycles. The summed E-state index contributed by atoms with van der Waals surface area (Å²) in [6, 6.07) is 2.04. The maximum Gasteiger partial charge on any atom is 0.495 e. The Morgan fingerprint density at radius 1 is 1.12 bits per heavy atom. The minimum Gasteiger partial charge on any atom is -0.492 e. The summed E-state index contributed by atoms with van der Waals surface area (Å²) < 4.78 is 18.5. The third-order valence-electron chi connectivity index (χ3n) is 6.38. The molecule has 2 aliphatic heterocycles. The standard InChI is InChI=1S/C20H30BNO4/c1-12-9-10-24-17-14(3)13(2)16(11-15(17)18(23)22(12)8)21-25-19(4,5)20(6,7)26-21/h11-12H,9-10H2,1-8H3/t12-/m0/s1. The lowest BCUT2D eigenvalue weighted by atomic mass is 9.74. The van der Waals surface area contributed by atoms with Crippen molar-refractivity contribution < 1.29 is 18.8 Å². The van der Waals surface area contributed by atoms with Crippen LogP contribution in [0.1, 0.15) is 62.5 Å². The van der Waals surface area contributed by atoms with Gasteiger partial charge in [0.15, 0.2) is 0 Å². The van der Waals surface area contributed by atoms with Crippen molar-refractivity contribution in [3.8, 4) is 5.75 Å². The van der Waals surface area contributed by atoms with E-state index in [4.69, 9.17) is 14.0 Å². The van der Waals surface area contributed by atoms with Crippen molar-refractivity contribution in [1.82, 2.24) is 4.90 Å². The molecule has 0 spiro atoms. The second kappa shape index (κ2) is 6.27. The second-order valence-corrected chi connectivity index (χ2v) is 8.58. The zero-order valence-corrected chi connectivity index (χ0v) is 17.2. The van der Waals surface area contributed by atoms with Crippen LogP contribution in [0.4, 0.5) is 0 Å². The SMILES string of the molecule is Cc1c(B2OC(C)(C)C(C)(C)O2)cc2c(c1C)OCC[C@H](C)N(C)C2=O. The first-order chi connectivity index (χ1) is 12.0. The first-order valence-electron chi connectivity index (χ1n) is 9.36. The maximum absolute atomic E-state index is 13.0. The Bertz CT molecular complexity index is 728. The molecule has 3 rings (SSSR count). The Morgan fingerprint density at radius 2 is 1.69 bits per heavy atom. The quantitative estimate of drug-likeness (QED) is 0.724. The van der Waals surface area contributed by atoms with Gasteiger partial charge in [0.1, 0.15) is 5.75 Å². The number of ether oxygens (including phenoxy) is 1. The van der Waals surface area contributed by atoms with Crippen LogP contribution in [0.2, 0.25) is 0 Å². The van der Waals surface area contributed by atoms with Crippen LogP contribution in [-0.2, 0) is 9.31 Å². The van der Waals surface area contributed by atoms with Crippen LogP contribution < -0.4 is 10.2 Å². The van der Waals surface area contributed by atoms with E-state index in [9.17, 15) is 4.79 Å². The summed E-state index contributed by atoms with van der Waals surface area (Å²) in [5.41, 5.74) is 2.67. The Hall–Kier alpha value is -1.53. The minimum atomic E-state index is -0.495. The van der Waals surface area contributed by atoms with Crippen LogP contribution >= 0.6 is 0 Å². The van der Waals surface area contributed by atoms with Gasteiger partial charge in [0.25, 0.3) is 5.91 Å². The molecule has 0 aromatic heterocycles. The Labute approximate surface area is 157 Å². The van der Waals surface area contributed by atoms with Gasteiger partial charge in [0.05, 0.1) is 23.4 Å². The van der Waals surface area contributed by atoms with E-state index in [1.807, 2.05) is 61.6 Å². The van der Waals surface area contributed by atoms with Crippen molar-refractivity contribution in [2.24, 2.45) is 0 Å². The molecule has 26 heavy (non-hydrogen) atoms. The third kappa shape index (κ3) is 2.93. The van der Waals surface area contributed by atoms with Crippen molar-refractivity contribution in [2.75, 3.05) is 13.7 Å². The molecule has 5 nitrogen and oxygen atoms in total. The van der Waals surface area contributed by atoms with Crippen LogP contribution in [0.3, 0.4) is 0 Å². The predicted octanol–water partition coefficient (Wildman–Crippen LogP) is 2.85. The molecule has 2 heterocycles. The maximum atomic E-state index is 13.0. The first-order valence-corrected chi connectivity index (χ1v) is 9.36. The lowest BCUT2D eigenvalue weighted by Gasteiger charge is -2.32. The summed E-state index contributed by atoms with van der Waals surface area (Å²) in [5, 5.41) is 0. The fourth-order valence-electron chi connectivity index (χ4n) is 3.39. The van der Waals surface area contributed by atoms with Gasteiger partial charge in [0, 0.05) is 19.5 Å². The van der Waals surface area contributed by atoms with Crippen LogP contribution in [-0.4, -0.2) is 48.8 Å². The number of fused-ring (bicyclic) bond motifs is 1. The van der Waals surface area contributed by atoms with E-state index in [1.54, 1.807) is 4.90 Å². The number of carbonyl (C=O) groups excluding carboxylic acids is 1. The fraction of sp³-hybridized carbons (Fsp3) is 0.650. The summed E-state index contributed by atoms with van der Waals surface area (Å²) in [5.74, 6) is 0.666. The molecule has 0 unspecified atom stereocenters. The monoisotopic (exact) mass is 359 g/mol. The Kier molecular flexibility index (Phi) is 4.64. The van der Waals surface area contributed by atoms with Gasteiger partial charge in [-0.1, -0.05) is 0 Å². The zero-order chi connectivity index (χ0) is 19.4. The number of rotatable bonds is 1.